The molecule has 5 rings (SSSR count). The fourth-order valence-electron chi connectivity index (χ4n) is 5.21. The van der Waals surface area contributed by atoms with Crippen molar-refractivity contribution in [2.45, 2.75) is 57.7 Å². The molecule has 2 aromatic heterocycles. The number of aromatic nitrogens is 2. The van der Waals surface area contributed by atoms with Gasteiger partial charge in [0, 0.05) is 38.3 Å². The van der Waals surface area contributed by atoms with E-state index in [1.807, 2.05) is 14.1 Å². The molecule has 242 valence electrons. The number of carbonyl (C=O) groups excluding carboxylic acids is 2. The van der Waals surface area contributed by atoms with Crippen molar-refractivity contribution in [3.05, 3.63) is 23.2 Å². The van der Waals surface area contributed by atoms with Gasteiger partial charge in [-0.3, -0.25) is 9.69 Å². The number of fused-ring (bicyclic) bond motifs is 3. The van der Waals surface area contributed by atoms with Gasteiger partial charge in [-0.25, -0.2) is 9.78 Å². The quantitative estimate of drug-likeness (QED) is 0.400. The Balaban J connectivity index is 0.00000141. The van der Waals surface area contributed by atoms with Crippen LogP contribution in [0.2, 0.25) is 0 Å². The first-order valence-corrected chi connectivity index (χ1v) is 14.9. The normalized spacial score (nSPS) is 18.2. The van der Waals surface area contributed by atoms with Gasteiger partial charge >= 0.3 is 12.5 Å². The topological polar surface area (TPSA) is 133 Å². The van der Waals surface area contributed by atoms with E-state index in [2.05, 4.69) is 20.0 Å². The molecule has 16 heteroatoms. The third-order valence-electron chi connectivity index (χ3n) is 6.86. The van der Waals surface area contributed by atoms with Gasteiger partial charge in [-0.1, -0.05) is 0 Å². The molecule has 3 aromatic rings. The number of nitrogens with zero attached hydrogens (tertiary/aromatic N) is 5. The number of thiazole rings is 1. The molecule has 2 unspecified atom stereocenters. The standard InChI is InChI=1S/C26H30F3N5O6S.C2H7N/c1-25(2,3)40-24(37)34-14-5-6-15(34)13-33(12-14)23-31-18-19(38-23)16(21-30-7-10-41-21)11-17(20(18)39-26(27,28)29)22(36)32(4)8-9-35;1-3-2/h7,10-11,14-15,35H,5-6,8-9,12-13H2,1-4H3;3H,1-2H3. The molecule has 2 fully saturated rings. The summed E-state index contributed by atoms with van der Waals surface area (Å²) in [5, 5.41) is 14.1. The van der Waals surface area contributed by atoms with Gasteiger partial charge in [0.05, 0.1) is 29.8 Å². The summed E-state index contributed by atoms with van der Waals surface area (Å²) in [5.41, 5.74) is -1.08. The second-order valence-electron chi connectivity index (χ2n) is 11.5. The van der Waals surface area contributed by atoms with Crippen molar-refractivity contribution in [2.75, 3.05) is 52.3 Å². The minimum absolute atomic E-state index is 0.0162. The van der Waals surface area contributed by atoms with E-state index < -0.39 is 35.3 Å². The zero-order chi connectivity index (χ0) is 32.4. The van der Waals surface area contributed by atoms with Gasteiger partial charge in [0.2, 0.25) is 0 Å². The number of amides is 2. The van der Waals surface area contributed by atoms with Crippen molar-refractivity contribution in [3.8, 4) is 16.3 Å². The number of rotatable bonds is 6. The van der Waals surface area contributed by atoms with Crippen LogP contribution in [0.4, 0.5) is 24.0 Å². The van der Waals surface area contributed by atoms with E-state index in [4.69, 9.17) is 9.15 Å². The monoisotopic (exact) mass is 642 g/mol. The summed E-state index contributed by atoms with van der Waals surface area (Å²) >= 11 is 1.21. The molecule has 2 N–H and O–H groups in total. The predicted molar refractivity (Wildman–Crippen MR) is 158 cm³/mol. The molecule has 2 aliphatic heterocycles. The first-order valence-electron chi connectivity index (χ1n) is 14.0. The van der Waals surface area contributed by atoms with Gasteiger partial charge in [0.25, 0.3) is 11.9 Å². The number of carbonyl (C=O) groups is 2. The Hall–Kier alpha value is -3.63. The minimum Gasteiger partial charge on any atom is -0.444 e. The zero-order valence-corrected chi connectivity index (χ0v) is 26.2. The summed E-state index contributed by atoms with van der Waals surface area (Å²) in [5.74, 6) is -1.60. The molecule has 0 radical (unpaired) electrons. The fourth-order valence-corrected chi connectivity index (χ4v) is 5.86. The molecule has 4 heterocycles. The molecular formula is C28H37F3N6O6S. The highest BCUT2D eigenvalue weighted by atomic mass is 32.1. The molecule has 12 nitrogen and oxygen atoms in total. The van der Waals surface area contributed by atoms with Crippen LogP contribution in [-0.2, 0) is 4.74 Å². The van der Waals surface area contributed by atoms with Crippen LogP contribution < -0.4 is 15.0 Å². The number of hydrogen-bond donors (Lipinski definition) is 2. The highest BCUT2D eigenvalue weighted by Gasteiger charge is 2.46. The fraction of sp³-hybridized carbons (Fsp3) is 0.571. The van der Waals surface area contributed by atoms with Crippen LogP contribution in [0.15, 0.2) is 22.1 Å². The number of hydrogen-bond acceptors (Lipinski definition) is 11. The maximum Gasteiger partial charge on any atom is 0.573 e. The summed E-state index contributed by atoms with van der Waals surface area (Å²) in [6.45, 7) is 5.55. The van der Waals surface area contributed by atoms with E-state index in [1.165, 1.54) is 30.6 Å². The summed E-state index contributed by atoms with van der Waals surface area (Å²) in [6, 6.07) is 0.885. The SMILES string of the molecule is CN(CCO)C(=O)c1cc(-c2nccs2)c2oc(N3CC4CCC(C3)N4C(=O)OC(C)(C)C)nc2c1OC(F)(F)F.CNC. The van der Waals surface area contributed by atoms with E-state index >= 15 is 0 Å². The number of piperazine rings is 1. The van der Waals surface area contributed by atoms with Gasteiger partial charge in [0.1, 0.15) is 10.6 Å². The van der Waals surface area contributed by atoms with Gasteiger partial charge in [-0.2, -0.15) is 4.98 Å². The first-order chi connectivity index (χ1) is 20.7. The summed E-state index contributed by atoms with van der Waals surface area (Å²) in [7, 11) is 5.11. The smallest absolute Gasteiger partial charge is 0.444 e. The number of aliphatic hydroxyl groups excluding tert-OH is 1. The van der Waals surface area contributed by atoms with Crippen molar-refractivity contribution < 1.29 is 41.8 Å². The summed E-state index contributed by atoms with van der Waals surface area (Å²) < 4.78 is 56.9. The lowest BCUT2D eigenvalue weighted by Crippen LogP contribution is -2.56. The Labute approximate surface area is 256 Å². The molecule has 2 saturated heterocycles. The molecule has 0 spiro atoms. The number of nitrogens with one attached hydrogen (secondary N) is 1. The maximum atomic E-state index is 13.6. The number of likely N-dealkylation sites (N-methyl/N-ethyl adjacent to an activating group) is 1. The number of benzene rings is 1. The Morgan fingerprint density at radius 1 is 1.20 bits per heavy atom. The Morgan fingerprint density at radius 3 is 2.36 bits per heavy atom. The molecule has 0 saturated carbocycles. The van der Waals surface area contributed by atoms with Crippen molar-refractivity contribution in [2.24, 2.45) is 0 Å². The van der Waals surface area contributed by atoms with Crippen molar-refractivity contribution >= 4 is 40.5 Å². The highest BCUT2D eigenvalue weighted by molar-refractivity contribution is 7.13. The lowest BCUT2D eigenvalue weighted by Gasteiger charge is -2.40. The molecular weight excluding hydrogens is 605 g/mol. The first kappa shape index (κ1) is 33.3. The predicted octanol–water partition coefficient (Wildman–Crippen LogP) is 4.34. The number of aliphatic hydroxyl groups is 1. The lowest BCUT2D eigenvalue weighted by atomic mass is 10.1. The molecule has 2 bridgehead atoms. The Kier molecular flexibility index (Phi) is 9.95. The average molecular weight is 643 g/mol. The van der Waals surface area contributed by atoms with Gasteiger partial charge in [0.15, 0.2) is 16.8 Å². The number of anilines is 1. The van der Waals surface area contributed by atoms with Crippen LogP contribution in [0.1, 0.15) is 44.0 Å². The zero-order valence-electron chi connectivity index (χ0n) is 25.4. The van der Waals surface area contributed by atoms with E-state index in [9.17, 15) is 27.9 Å². The van der Waals surface area contributed by atoms with Crippen LogP contribution in [0, 0.1) is 0 Å². The van der Waals surface area contributed by atoms with Gasteiger partial charge in [-0.15, -0.1) is 24.5 Å². The number of ether oxygens (including phenoxy) is 2. The van der Waals surface area contributed by atoms with Crippen molar-refractivity contribution in [1.29, 1.82) is 0 Å². The van der Waals surface area contributed by atoms with E-state index in [0.29, 0.717) is 18.1 Å². The minimum atomic E-state index is -5.13. The maximum absolute atomic E-state index is 13.6. The average Bonchev–Trinajstić information content (AvgIpc) is 3.66. The van der Waals surface area contributed by atoms with Gasteiger partial charge < -0.3 is 34.1 Å². The highest BCUT2D eigenvalue weighted by Crippen LogP contribution is 2.43. The molecule has 44 heavy (non-hydrogen) atoms. The van der Waals surface area contributed by atoms with Crippen LogP contribution in [0.3, 0.4) is 0 Å². The molecule has 1 aromatic carbocycles. The van der Waals surface area contributed by atoms with E-state index in [-0.39, 0.29) is 47.9 Å². The lowest BCUT2D eigenvalue weighted by molar-refractivity contribution is -0.274. The van der Waals surface area contributed by atoms with Crippen LogP contribution in [-0.4, -0.2) is 108 Å². The molecule has 2 amide bonds. The molecule has 0 aliphatic carbocycles. The molecule has 2 atom stereocenters. The number of alkyl halides is 3. The molecule has 2 aliphatic rings. The second kappa shape index (κ2) is 13.2. The number of oxazole rings is 1. The third kappa shape index (κ3) is 7.35. The van der Waals surface area contributed by atoms with Crippen molar-refractivity contribution in [3.63, 3.8) is 0 Å². The van der Waals surface area contributed by atoms with Gasteiger partial charge in [-0.05, 0) is 53.8 Å². The van der Waals surface area contributed by atoms with Crippen LogP contribution >= 0.6 is 11.3 Å². The third-order valence-corrected chi connectivity index (χ3v) is 7.67. The van der Waals surface area contributed by atoms with Crippen LogP contribution in [0.25, 0.3) is 21.7 Å². The summed E-state index contributed by atoms with van der Waals surface area (Å²) in [4.78, 5) is 39.4. The van der Waals surface area contributed by atoms with E-state index in [1.54, 1.807) is 36.0 Å². The van der Waals surface area contributed by atoms with Crippen LogP contribution in [0.5, 0.6) is 5.75 Å². The largest absolute Gasteiger partial charge is 0.573 e. The Morgan fingerprint density at radius 2 is 1.84 bits per heavy atom. The number of halogens is 3. The van der Waals surface area contributed by atoms with Crippen molar-refractivity contribution in [1.82, 2.24) is 25.1 Å². The Bertz CT molecular complexity index is 1440. The van der Waals surface area contributed by atoms with E-state index in [0.717, 1.165) is 17.7 Å². The second-order valence-corrected chi connectivity index (χ2v) is 12.4. The summed E-state index contributed by atoms with van der Waals surface area (Å²) in [6.07, 6.45) is -2.57.